The Labute approximate surface area is 102 Å². The third-order valence-electron chi connectivity index (χ3n) is 2.94. The second-order valence-corrected chi connectivity index (χ2v) is 4.08. The summed E-state index contributed by atoms with van der Waals surface area (Å²) in [5, 5.41) is 18.9. The van der Waals surface area contributed by atoms with E-state index in [-0.39, 0.29) is 17.5 Å². The Morgan fingerprint density at radius 1 is 1.24 bits per heavy atom. The zero-order valence-corrected chi connectivity index (χ0v) is 10.7. The number of hydrogen-bond acceptors (Lipinski definition) is 4. The van der Waals surface area contributed by atoms with Crippen LogP contribution >= 0.6 is 0 Å². The Morgan fingerprint density at radius 3 is 2.29 bits per heavy atom. The second-order valence-electron chi connectivity index (χ2n) is 4.08. The molecule has 0 saturated carbocycles. The van der Waals surface area contributed by atoms with Gasteiger partial charge in [-0.15, -0.1) is 0 Å². The molecule has 0 aliphatic rings. The molecule has 0 bridgehead atoms. The number of likely N-dealkylation sites (N-methyl/N-ethyl adjacent to an activating group) is 1. The maximum absolute atomic E-state index is 9.47. The van der Waals surface area contributed by atoms with Crippen LogP contribution in [0, 0.1) is 0 Å². The molecule has 1 aromatic carbocycles. The lowest BCUT2D eigenvalue weighted by atomic mass is 10.1. The highest BCUT2D eigenvalue weighted by atomic mass is 16.5. The first-order chi connectivity index (χ1) is 8.08. The number of hydrogen-bond donors (Lipinski definition) is 2. The van der Waals surface area contributed by atoms with E-state index in [1.807, 2.05) is 6.92 Å². The number of aromatic hydroxyl groups is 2. The predicted octanol–water partition coefficient (Wildman–Crippen LogP) is 2.13. The van der Waals surface area contributed by atoms with Gasteiger partial charge in [-0.25, -0.2) is 0 Å². The molecule has 0 radical (unpaired) electrons. The molecule has 0 heterocycles. The first-order valence-corrected chi connectivity index (χ1v) is 5.84. The van der Waals surface area contributed by atoms with E-state index in [2.05, 4.69) is 11.8 Å². The summed E-state index contributed by atoms with van der Waals surface area (Å²) < 4.78 is 5.07. The lowest BCUT2D eigenvalue weighted by Gasteiger charge is -2.28. The maximum Gasteiger partial charge on any atom is 0.119 e. The summed E-state index contributed by atoms with van der Waals surface area (Å²) in [7, 11) is 1.68. The van der Waals surface area contributed by atoms with Gasteiger partial charge in [0.05, 0.1) is 6.61 Å². The molecule has 4 nitrogen and oxygen atoms in total. The van der Waals surface area contributed by atoms with E-state index in [1.54, 1.807) is 19.2 Å². The summed E-state index contributed by atoms with van der Waals surface area (Å²) in [6, 6.07) is 4.83. The van der Waals surface area contributed by atoms with Gasteiger partial charge in [-0.2, -0.15) is 0 Å². The highest BCUT2D eigenvalue weighted by Gasteiger charge is 2.15. The fourth-order valence-electron chi connectivity index (χ4n) is 1.90. The minimum atomic E-state index is 0.0923. The summed E-state index contributed by atoms with van der Waals surface area (Å²) >= 11 is 0. The Bertz CT molecular complexity index is 334. The Balaban J connectivity index is 2.81. The average Bonchev–Trinajstić information content (AvgIpc) is 2.28. The van der Waals surface area contributed by atoms with Crippen LogP contribution in [0.1, 0.15) is 25.5 Å². The van der Waals surface area contributed by atoms with Crippen LogP contribution in [0.25, 0.3) is 0 Å². The molecule has 0 amide bonds. The Morgan fingerprint density at radius 2 is 1.82 bits per heavy atom. The van der Waals surface area contributed by atoms with Crippen molar-refractivity contribution in [1.29, 1.82) is 0 Å². The number of ether oxygens (including phenoxy) is 1. The molecule has 0 aromatic heterocycles. The van der Waals surface area contributed by atoms with E-state index in [0.29, 0.717) is 6.61 Å². The molecule has 0 saturated heterocycles. The van der Waals surface area contributed by atoms with Crippen molar-refractivity contribution in [3.63, 3.8) is 0 Å². The third kappa shape index (κ3) is 3.91. The van der Waals surface area contributed by atoms with Gasteiger partial charge in [0, 0.05) is 25.8 Å². The number of nitrogens with zero attached hydrogens (tertiary/aromatic N) is 1. The molecule has 2 N–H and O–H groups in total. The van der Waals surface area contributed by atoms with E-state index < -0.39 is 0 Å². The fourth-order valence-corrected chi connectivity index (χ4v) is 1.90. The van der Waals surface area contributed by atoms with E-state index >= 15 is 0 Å². The van der Waals surface area contributed by atoms with Crippen LogP contribution < -0.4 is 0 Å². The number of rotatable bonds is 6. The van der Waals surface area contributed by atoms with Crippen LogP contribution in [0.5, 0.6) is 11.5 Å². The normalized spacial score (nSPS) is 12.9. The van der Waals surface area contributed by atoms with Gasteiger partial charge in [-0.05, 0) is 31.2 Å². The molecule has 1 aromatic rings. The van der Waals surface area contributed by atoms with E-state index in [4.69, 9.17) is 4.74 Å². The van der Waals surface area contributed by atoms with Crippen molar-refractivity contribution >= 4 is 0 Å². The van der Waals surface area contributed by atoms with Crippen LogP contribution in [-0.4, -0.2) is 41.9 Å². The SMILES string of the molecule is CCN(CCOC)C(C)c1cc(O)cc(O)c1. The van der Waals surface area contributed by atoms with Gasteiger partial charge in [0.25, 0.3) is 0 Å². The Hall–Kier alpha value is -1.26. The predicted molar refractivity (Wildman–Crippen MR) is 67.3 cm³/mol. The zero-order chi connectivity index (χ0) is 12.8. The van der Waals surface area contributed by atoms with Gasteiger partial charge >= 0.3 is 0 Å². The number of phenolic OH excluding ortho intramolecular Hbond substituents is 2. The number of benzene rings is 1. The summed E-state index contributed by atoms with van der Waals surface area (Å²) in [6.45, 7) is 6.51. The maximum atomic E-state index is 9.47. The molecule has 0 fully saturated rings. The molecule has 0 aliphatic heterocycles. The second kappa shape index (κ2) is 6.47. The van der Waals surface area contributed by atoms with Crippen LogP contribution in [0.4, 0.5) is 0 Å². The van der Waals surface area contributed by atoms with Crippen molar-refractivity contribution in [3.05, 3.63) is 23.8 Å². The van der Waals surface area contributed by atoms with E-state index in [0.717, 1.165) is 18.7 Å². The number of methoxy groups -OCH3 is 1. The summed E-state index contributed by atoms with van der Waals surface area (Å²) in [5.41, 5.74) is 0.903. The Kier molecular flexibility index (Phi) is 5.25. The smallest absolute Gasteiger partial charge is 0.119 e. The van der Waals surface area contributed by atoms with Gasteiger partial charge in [-0.1, -0.05) is 6.92 Å². The quantitative estimate of drug-likeness (QED) is 0.798. The van der Waals surface area contributed by atoms with Crippen molar-refractivity contribution < 1.29 is 14.9 Å². The fraction of sp³-hybridized carbons (Fsp3) is 0.538. The van der Waals surface area contributed by atoms with Crippen molar-refractivity contribution in [1.82, 2.24) is 4.90 Å². The standard InChI is InChI=1S/C13H21NO3/c1-4-14(5-6-17-3)10(2)11-7-12(15)9-13(16)8-11/h7-10,15-16H,4-6H2,1-3H3. The minimum absolute atomic E-state index is 0.0923. The molecule has 0 aliphatic carbocycles. The highest BCUT2D eigenvalue weighted by Crippen LogP contribution is 2.27. The first kappa shape index (κ1) is 13.8. The van der Waals surface area contributed by atoms with E-state index in [9.17, 15) is 10.2 Å². The molecule has 4 heteroatoms. The van der Waals surface area contributed by atoms with Gasteiger partial charge in [0.15, 0.2) is 0 Å². The van der Waals surface area contributed by atoms with Crippen LogP contribution in [0.3, 0.4) is 0 Å². The van der Waals surface area contributed by atoms with Crippen molar-refractivity contribution in [3.8, 4) is 11.5 Å². The van der Waals surface area contributed by atoms with Crippen LogP contribution in [-0.2, 0) is 4.74 Å². The molecule has 1 rings (SSSR count). The summed E-state index contributed by atoms with van der Waals surface area (Å²) in [4.78, 5) is 2.22. The first-order valence-electron chi connectivity index (χ1n) is 5.84. The zero-order valence-electron chi connectivity index (χ0n) is 10.7. The van der Waals surface area contributed by atoms with Crippen molar-refractivity contribution in [2.24, 2.45) is 0 Å². The highest BCUT2D eigenvalue weighted by molar-refractivity contribution is 5.37. The molecule has 1 atom stereocenters. The minimum Gasteiger partial charge on any atom is -0.508 e. The lowest BCUT2D eigenvalue weighted by Crippen LogP contribution is -2.30. The molecule has 1 unspecified atom stereocenters. The molecule has 17 heavy (non-hydrogen) atoms. The molecular weight excluding hydrogens is 218 g/mol. The van der Waals surface area contributed by atoms with Gasteiger partial charge < -0.3 is 14.9 Å². The van der Waals surface area contributed by atoms with Gasteiger partial charge in [-0.3, -0.25) is 4.90 Å². The van der Waals surface area contributed by atoms with Crippen LogP contribution in [0.15, 0.2) is 18.2 Å². The third-order valence-corrected chi connectivity index (χ3v) is 2.94. The van der Waals surface area contributed by atoms with Crippen LogP contribution in [0.2, 0.25) is 0 Å². The summed E-state index contributed by atoms with van der Waals surface area (Å²) in [6.07, 6.45) is 0. The number of phenols is 2. The molecule has 0 spiro atoms. The summed E-state index contributed by atoms with van der Waals surface area (Å²) in [5.74, 6) is 0.185. The van der Waals surface area contributed by atoms with Gasteiger partial charge in [0.1, 0.15) is 11.5 Å². The topological polar surface area (TPSA) is 52.9 Å². The van der Waals surface area contributed by atoms with Crippen molar-refractivity contribution in [2.75, 3.05) is 26.8 Å². The van der Waals surface area contributed by atoms with E-state index in [1.165, 1.54) is 6.07 Å². The lowest BCUT2D eigenvalue weighted by molar-refractivity contribution is 0.129. The molecular formula is C13H21NO3. The largest absolute Gasteiger partial charge is 0.508 e. The van der Waals surface area contributed by atoms with Gasteiger partial charge in [0.2, 0.25) is 0 Å². The average molecular weight is 239 g/mol. The monoisotopic (exact) mass is 239 g/mol. The molecule has 96 valence electrons. The van der Waals surface area contributed by atoms with Crippen molar-refractivity contribution in [2.45, 2.75) is 19.9 Å².